The van der Waals surface area contributed by atoms with Gasteiger partial charge >= 0.3 is 0 Å². The van der Waals surface area contributed by atoms with Crippen molar-refractivity contribution in [2.45, 2.75) is 38.1 Å². The minimum Gasteiger partial charge on any atom is -0.340 e. The van der Waals surface area contributed by atoms with Crippen molar-refractivity contribution in [2.24, 2.45) is 5.41 Å². The molecule has 1 heterocycles. The summed E-state index contributed by atoms with van der Waals surface area (Å²) in [6.45, 7) is 5.66. The molecule has 0 unspecified atom stereocenters. The van der Waals surface area contributed by atoms with Crippen molar-refractivity contribution in [3.05, 3.63) is 94.7 Å². The van der Waals surface area contributed by atoms with E-state index in [2.05, 4.69) is 10.6 Å². The quantitative estimate of drug-likeness (QED) is 0.303. The highest BCUT2D eigenvalue weighted by atomic mass is 32.2. The van der Waals surface area contributed by atoms with Crippen molar-refractivity contribution in [3.8, 4) is 0 Å². The van der Waals surface area contributed by atoms with Crippen LogP contribution in [0.4, 0.5) is 5.69 Å². The number of benzene rings is 3. The maximum absolute atomic E-state index is 13.5. The van der Waals surface area contributed by atoms with Crippen molar-refractivity contribution >= 4 is 49.4 Å². The summed E-state index contributed by atoms with van der Waals surface area (Å²) < 4.78 is 26.4. The van der Waals surface area contributed by atoms with Crippen LogP contribution in [-0.2, 0) is 21.1 Å². The lowest BCUT2D eigenvalue weighted by Gasteiger charge is -2.20. The van der Waals surface area contributed by atoms with E-state index >= 15 is 0 Å². The smallest absolute Gasteiger partial charge is 0.251 e. The second-order valence-corrected chi connectivity index (χ2v) is 13.1. The number of carbonyl (C=O) groups excluding carboxylic acids is 2. The van der Waals surface area contributed by atoms with Gasteiger partial charge in [0.25, 0.3) is 5.91 Å². The van der Waals surface area contributed by atoms with E-state index in [0.717, 1.165) is 4.88 Å². The Kier molecular flexibility index (Phi) is 7.80. The predicted molar refractivity (Wildman–Crippen MR) is 150 cm³/mol. The third-order valence-electron chi connectivity index (χ3n) is 5.74. The molecule has 1 atom stereocenters. The molecule has 0 radical (unpaired) electrons. The molecule has 0 aliphatic carbocycles. The van der Waals surface area contributed by atoms with E-state index in [1.807, 2.05) is 44.4 Å². The van der Waals surface area contributed by atoms with Crippen molar-refractivity contribution in [2.75, 3.05) is 11.1 Å². The van der Waals surface area contributed by atoms with Crippen LogP contribution in [0.25, 0.3) is 10.8 Å². The Morgan fingerprint density at radius 1 is 0.865 bits per heavy atom. The zero-order chi connectivity index (χ0) is 26.6. The second-order valence-electron chi connectivity index (χ2n) is 10.1. The molecule has 192 valence electrons. The van der Waals surface area contributed by atoms with Gasteiger partial charge in [0.1, 0.15) is 6.04 Å². The van der Waals surface area contributed by atoms with E-state index in [4.69, 9.17) is 0 Å². The Morgan fingerprint density at radius 2 is 1.57 bits per heavy atom. The lowest BCUT2D eigenvalue weighted by atomic mass is 10.0. The molecule has 2 amide bonds. The lowest BCUT2D eigenvalue weighted by Crippen LogP contribution is -2.45. The highest BCUT2D eigenvalue weighted by molar-refractivity contribution is 7.91. The first kappa shape index (κ1) is 26.6. The summed E-state index contributed by atoms with van der Waals surface area (Å²) in [5.74, 6) is -0.719. The van der Waals surface area contributed by atoms with Gasteiger partial charge in [-0.15, -0.1) is 11.3 Å². The third-order valence-corrected chi connectivity index (χ3v) is 8.91. The molecule has 0 saturated heterocycles. The van der Waals surface area contributed by atoms with Crippen molar-refractivity contribution in [3.63, 3.8) is 0 Å². The standard InChI is InChI=1S/C29H30N2O4S2/c1-29(2,3)19-37(34,35)26-16-8-13-22-23(26)14-7-15-24(22)30-28(33)25(18-21-12-9-17-36-21)31-27(32)20-10-5-4-6-11-20/h4-17,25H,18-19H2,1-3H3,(H,30,33)(H,31,32)/t25-/m0/s1. The molecule has 4 aromatic rings. The normalized spacial score (nSPS) is 12.7. The van der Waals surface area contributed by atoms with Gasteiger partial charge in [-0.05, 0) is 41.1 Å². The molecule has 6 nitrogen and oxygen atoms in total. The van der Waals surface area contributed by atoms with Gasteiger partial charge in [0.15, 0.2) is 9.84 Å². The van der Waals surface area contributed by atoms with Crippen LogP contribution in [-0.4, -0.2) is 32.0 Å². The number of amides is 2. The Bertz CT molecular complexity index is 1510. The molecular formula is C29H30N2O4S2. The summed E-state index contributed by atoms with van der Waals surface area (Å²) in [5, 5.41) is 8.89. The fourth-order valence-electron chi connectivity index (χ4n) is 4.20. The molecular weight excluding hydrogens is 504 g/mol. The van der Waals surface area contributed by atoms with Crippen LogP contribution in [0.2, 0.25) is 0 Å². The summed E-state index contributed by atoms with van der Waals surface area (Å²) in [7, 11) is -3.56. The summed E-state index contributed by atoms with van der Waals surface area (Å²) in [4.78, 5) is 27.5. The van der Waals surface area contributed by atoms with Gasteiger partial charge in [-0.25, -0.2) is 8.42 Å². The average molecular weight is 535 g/mol. The van der Waals surface area contributed by atoms with E-state index in [9.17, 15) is 18.0 Å². The highest BCUT2D eigenvalue weighted by Crippen LogP contribution is 2.32. The van der Waals surface area contributed by atoms with Crippen molar-refractivity contribution in [1.82, 2.24) is 5.32 Å². The number of fused-ring (bicyclic) bond motifs is 1. The Labute approximate surface area is 221 Å². The molecule has 3 aromatic carbocycles. The first-order valence-electron chi connectivity index (χ1n) is 12.0. The second kappa shape index (κ2) is 10.9. The van der Waals surface area contributed by atoms with Crippen LogP contribution in [0.1, 0.15) is 36.0 Å². The van der Waals surface area contributed by atoms with Crippen LogP contribution in [0, 0.1) is 5.41 Å². The summed E-state index contributed by atoms with van der Waals surface area (Å²) in [6.07, 6.45) is 0.331. The summed E-state index contributed by atoms with van der Waals surface area (Å²) in [6, 6.07) is 22.0. The largest absolute Gasteiger partial charge is 0.340 e. The number of nitrogens with one attached hydrogen (secondary N) is 2. The number of rotatable bonds is 8. The fourth-order valence-corrected chi connectivity index (χ4v) is 7.05. The topological polar surface area (TPSA) is 92.3 Å². The highest BCUT2D eigenvalue weighted by Gasteiger charge is 2.26. The van der Waals surface area contributed by atoms with Crippen LogP contribution < -0.4 is 10.6 Å². The Balaban J connectivity index is 1.65. The molecule has 0 saturated carbocycles. The number of sulfone groups is 1. The zero-order valence-electron chi connectivity index (χ0n) is 21.0. The van der Waals surface area contributed by atoms with E-state index in [-0.39, 0.29) is 22.5 Å². The Morgan fingerprint density at radius 3 is 2.24 bits per heavy atom. The molecule has 8 heteroatoms. The summed E-state index contributed by atoms with van der Waals surface area (Å²) in [5.41, 5.74) is 0.546. The minimum atomic E-state index is -3.56. The number of hydrogen-bond acceptors (Lipinski definition) is 5. The van der Waals surface area contributed by atoms with E-state index in [1.165, 1.54) is 11.3 Å². The molecule has 2 N–H and O–H groups in total. The Hall–Kier alpha value is -3.49. The molecule has 4 rings (SSSR count). The van der Waals surface area contributed by atoms with Crippen LogP contribution in [0.5, 0.6) is 0 Å². The van der Waals surface area contributed by atoms with E-state index < -0.39 is 21.3 Å². The van der Waals surface area contributed by atoms with E-state index in [1.54, 1.807) is 60.7 Å². The van der Waals surface area contributed by atoms with E-state index in [0.29, 0.717) is 28.4 Å². The van der Waals surface area contributed by atoms with Gasteiger partial charge < -0.3 is 10.6 Å². The van der Waals surface area contributed by atoms with Crippen molar-refractivity contribution in [1.29, 1.82) is 0 Å². The van der Waals surface area contributed by atoms with Gasteiger partial charge in [0.2, 0.25) is 5.91 Å². The fraction of sp³-hybridized carbons (Fsp3) is 0.241. The number of thiophene rings is 1. The maximum Gasteiger partial charge on any atom is 0.251 e. The van der Waals surface area contributed by atoms with Gasteiger partial charge in [0, 0.05) is 33.3 Å². The van der Waals surface area contributed by atoms with Crippen LogP contribution in [0.3, 0.4) is 0 Å². The molecule has 0 spiro atoms. The molecule has 1 aromatic heterocycles. The minimum absolute atomic E-state index is 0.00407. The zero-order valence-corrected chi connectivity index (χ0v) is 22.7. The molecule has 0 fully saturated rings. The number of carbonyl (C=O) groups is 2. The first-order valence-corrected chi connectivity index (χ1v) is 14.5. The third kappa shape index (κ3) is 6.64. The number of hydrogen-bond donors (Lipinski definition) is 2. The predicted octanol–water partition coefficient (Wildman–Crippen LogP) is 5.70. The maximum atomic E-state index is 13.5. The van der Waals surface area contributed by atoms with Gasteiger partial charge in [0.05, 0.1) is 10.6 Å². The van der Waals surface area contributed by atoms with Crippen LogP contribution >= 0.6 is 11.3 Å². The SMILES string of the molecule is CC(C)(C)CS(=O)(=O)c1cccc2c(NC(=O)[C@H](Cc3cccs3)NC(=O)c3ccccc3)cccc12. The summed E-state index contributed by atoms with van der Waals surface area (Å²) >= 11 is 1.51. The average Bonchev–Trinajstić information content (AvgIpc) is 3.35. The molecule has 0 aliphatic heterocycles. The molecule has 37 heavy (non-hydrogen) atoms. The van der Waals surface area contributed by atoms with Gasteiger partial charge in [-0.2, -0.15) is 0 Å². The molecule has 0 bridgehead atoms. The van der Waals surface area contributed by atoms with Gasteiger partial charge in [-0.1, -0.05) is 69.3 Å². The number of anilines is 1. The molecule has 0 aliphatic rings. The van der Waals surface area contributed by atoms with Crippen molar-refractivity contribution < 1.29 is 18.0 Å². The van der Waals surface area contributed by atoms with Crippen LogP contribution in [0.15, 0.2) is 89.1 Å². The monoisotopic (exact) mass is 534 g/mol. The lowest BCUT2D eigenvalue weighted by molar-refractivity contribution is -0.117. The van der Waals surface area contributed by atoms with Gasteiger partial charge in [-0.3, -0.25) is 9.59 Å². The first-order chi connectivity index (χ1) is 17.5.